The summed E-state index contributed by atoms with van der Waals surface area (Å²) in [7, 11) is 1.70. The maximum Gasteiger partial charge on any atom is 0.0963 e. The van der Waals surface area contributed by atoms with E-state index < -0.39 is 0 Å². The standard InChI is InChI=1S/C8H11NOS/c1-7-5-9-4-3-8(7)11-6-10-2/h3-5H,6H2,1-2H3. The number of pyridine rings is 1. The van der Waals surface area contributed by atoms with Crippen molar-refractivity contribution in [1.82, 2.24) is 4.98 Å². The highest BCUT2D eigenvalue weighted by Gasteiger charge is 1.95. The van der Waals surface area contributed by atoms with Gasteiger partial charge in [-0.25, -0.2) is 0 Å². The van der Waals surface area contributed by atoms with E-state index in [0.717, 1.165) is 0 Å². The number of aromatic nitrogens is 1. The predicted octanol–water partition coefficient (Wildman–Crippen LogP) is 2.09. The Morgan fingerprint density at radius 3 is 3.09 bits per heavy atom. The molecule has 1 rings (SSSR count). The van der Waals surface area contributed by atoms with Crippen LogP contribution in [0.15, 0.2) is 23.4 Å². The Kier molecular flexibility index (Phi) is 3.39. The highest BCUT2D eigenvalue weighted by Crippen LogP contribution is 2.20. The Morgan fingerprint density at radius 1 is 1.64 bits per heavy atom. The van der Waals surface area contributed by atoms with Gasteiger partial charge in [0.1, 0.15) is 0 Å². The van der Waals surface area contributed by atoms with Crippen LogP contribution >= 0.6 is 11.8 Å². The van der Waals surface area contributed by atoms with Crippen LogP contribution in [0.1, 0.15) is 5.56 Å². The van der Waals surface area contributed by atoms with Gasteiger partial charge >= 0.3 is 0 Å². The molecule has 60 valence electrons. The predicted molar refractivity (Wildman–Crippen MR) is 46.7 cm³/mol. The van der Waals surface area contributed by atoms with E-state index >= 15 is 0 Å². The van der Waals surface area contributed by atoms with Gasteiger partial charge in [0.05, 0.1) is 5.94 Å². The first-order valence-corrected chi connectivity index (χ1v) is 4.35. The summed E-state index contributed by atoms with van der Waals surface area (Å²) in [6.07, 6.45) is 3.66. The molecule has 0 saturated heterocycles. The second-order valence-electron chi connectivity index (χ2n) is 2.19. The van der Waals surface area contributed by atoms with Crippen LogP contribution in [0, 0.1) is 6.92 Å². The highest BCUT2D eigenvalue weighted by atomic mass is 32.2. The molecule has 1 heterocycles. The SMILES string of the molecule is COCSc1ccncc1C. The van der Waals surface area contributed by atoms with Crippen molar-refractivity contribution in [1.29, 1.82) is 0 Å². The molecule has 0 unspecified atom stereocenters. The molecular formula is C8H11NOS. The first-order chi connectivity index (χ1) is 5.34. The lowest BCUT2D eigenvalue weighted by Crippen LogP contribution is -1.85. The fourth-order valence-electron chi connectivity index (χ4n) is 0.745. The lowest BCUT2D eigenvalue weighted by molar-refractivity contribution is 0.259. The Labute approximate surface area is 71.0 Å². The molecule has 2 nitrogen and oxygen atoms in total. The van der Waals surface area contributed by atoms with Crippen molar-refractivity contribution >= 4 is 11.8 Å². The van der Waals surface area contributed by atoms with E-state index in [9.17, 15) is 0 Å². The molecular weight excluding hydrogens is 158 g/mol. The monoisotopic (exact) mass is 169 g/mol. The molecule has 3 heteroatoms. The Bertz CT molecular complexity index is 227. The zero-order valence-electron chi connectivity index (χ0n) is 6.70. The molecule has 0 spiro atoms. The van der Waals surface area contributed by atoms with E-state index in [-0.39, 0.29) is 0 Å². The van der Waals surface area contributed by atoms with Crippen molar-refractivity contribution in [3.05, 3.63) is 24.0 Å². The second-order valence-corrected chi connectivity index (χ2v) is 3.16. The Balaban J connectivity index is 2.62. The van der Waals surface area contributed by atoms with Gasteiger partial charge in [-0.15, -0.1) is 0 Å². The van der Waals surface area contributed by atoms with Gasteiger partial charge in [0.15, 0.2) is 0 Å². The van der Waals surface area contributed by atoms with Crippen LogP contribution in [0.4, 0.5) is 0 Å². The highest BCUT2D eigenvalue weighted by molar-refractivity contribution is 7.99. The molecule has 0 aliphatic carbocycles. The molecule has 0 bridgehead atoms. The quantitative estimate of drug-likeness (QED) is 0.511. The number of ether oxygens (including phenoxy) is 1. The van der Waals surface area contributed by atoms with Crippen LogP contribution in [0.5, 0.6) is 0 Å². The Morgan fingerprint density at radius 2 is 2.45 bits per heavy atom. The third-order valence-corrected chi connectivity index (χ3v) is 2.42. The van der Waals surface area contributed by atoms with Crippen molar-refractivity contribution in [3.8, 4) is 0 Å². The van der Waals surface area contributed by atoms with Gasteiger partial charge in [0.2, 0.25) is 0 Å². The van der Waals surface area contributed by atoms with Crippen molar-refractivity contribution in [2.45, 2.75) is 11.8 Å². The number of nitrogens with zero attached hydrogens (tertiary/aromatic N) is 1. The molecule has 0 aliphatic rings. The van der Waals surface area contributed by atoms with Crippen molar-refractivity contribution in [2.24, 2.45) is 0 Å². The molecule has 1 aromatic rings. The summed E-state index contributed by atoms with van der Waals surface area (Å²) in [4.78, 5) is 5.24. The molecule has 0 radical (unpaired) electrons. The third kappa shape index (κ3) is 2.52. The topological polar surface area (TPSA) is 22.1 Å². The number of methoxy groups -OCH3 is 1. The van der Waals surface area contributed by atoms with Crippen LogP contribution in [0.2, 0.25) is 0 Å². The molecule has 1 aromatic heterocycles. The zero-order chi connectivity index (χ0) is 8.10. The zero-order valence-corrected chi connectivity index (χ0v) is 7.52. The lowest BCUT2D eigenvalue weighted by atomic mass is 10.3. The van der Waals surface area contributed by atoms with E-state index in [1.165, 1.54) is 10.5 Å². The summed E-state index contributed by atoms with van der Waals surface area (Å²) in [5, 5.41) is 0. The van der Waals surface area contributed by atoms with E-state index in [4.69, 9.17) is 4.74 Å². The normalized spacial score (nSPS) is 10.0. The maximum absolute atomic E-state index is 4.94. The molecule has 0 N–H and O–H groups in total. The van der Waals surface area contributed by atoms with Crippen LogP contribution in [0.3, 0.4) is 0 Å². The summed E-state index contributed by atoms with van der Waals surface area (Å²) in [6, 6.07) is 2.00. The fourth-order valence-corrected chi connectivity index (χ4v) is 1.43. The summed E-state index contributed by atoms with van der Waals surface area (Å²) in [6.45, 7) is 2.05. The van der Waals surface area contributed by atoms with Crippen LogP contribution < -0.4 is 0 Å². The fraction of sp³-hybridized carbons (Fsp3) is 0.375. The molecule has 0 atom stereocenters. The summed E-state index contributed by atoms with van der Waals surface area (Å²) in [5.41, 5.74) is 1.20. The van der Waals surface area contributed by atoms with Gasteiger partial charge in [-0.3, -0.25) is 4.98 Å². The van der Waals surface area contributed by atoms with E-state index in [0.29, 0.717) is 5.94 Å². The average Bonchev–Trinajstić information content (AvgIpc) is 2.03. The minimum atomic E-state index is 0.699. The summed E-state index contributed by atoms with van der Waals surface area (Å²) >= 11 is 1.68. The number of aryl methyl sites for hydroxylation is 1. The third-order valence-electron chi connectivity index (χ3n) is 1.30. The number of rotatable bonds is 3. The van der Waals surface area contributed by atoms with Gasteiger partial charge in [-0.05, 0) is 18.6 Å². The molecule has 0 aliphatic heterocycles. The minimum Gasteiger partial charge on any atom is -0.374 e. The summed E-state index contributed by atoms with van der Waals surface area (Å²) < 4.78 is 4.94. The largest absolute Gasteiger partial charge is 0.374 e. The maximum atomic E-state index is 4.94. The minimum absolute atomic E-state index is 0.699. The lowest BCUT2D eigenvalue weighted by Gasteiger charge is -2.01. The smallest absolute Gasteiger partial charge is 0.0963 e. The molecule has 0 saturated carbocycles. The number of hydrogen-bond acceptors (Lipinski definition) is 3. The first kappa shape index (κ1) is 8.56. The van der Waals surface area contributed by atoms with Crippen molar-refractivity contribution in [3.63, 3.8) is 0 Å². The summed E-state index contributed by atoms with van der Waals surface area (Å²) in [5.74, 6) is 0.699. The van der Waals surface area contributed by atoms with Gasteiger partial charge in [-0.2, -0.15) is 0 Å². The molecule has 0 amide bonds. The van der Waals surface area contributed by atoms with Crippen LogP contribution in [-0.2, 0) is 4.74 Å². The van der Waals surface area contributed by atoms with Crippen LogP contribution in [0.25, 0.3) is 0 Å². The second kappa shape index (κ2) is 4.36. The Hall–Kier alpha value is -0.540. The molecule has 0 aromatic carbocycles. The van der Waals surface area contributed by atoms with E-state index in [1.807, 2.05) is 19.2 Å². The number of hydrogen-bond donors (Lipinski definition) is 0. The first-order valence-electron chi connectivity index (χ1n) is 3.37. The molecule has 0 fully saturated rings. The van der Waals surface area contributed by atoms with E-state index in [1.54, 1.807) is 25.1 Å². The van der Waals surface area contributed by atoms with Crippen molar-refractivity contribution in [2.75, 3.05) is 13.0 Å². The van der Waals surface area contributed by atoms with Gasteiger partial charge in [0, 0.05) is 24.4 Å². The number of thioether (sulfide) groups is 1. The van der Waals surface area contributed by atoms with Gasteiger partial charge in [-0.1, -0.05) is 11.8 Å². The van der Waals surface area contributed by atoms with E-state index in [2.05, 4.69) is 4.98 Å². The van der Waals surface area contributed by atoms with Gasteiger partial charge in [0.25, 0.3) is 0 Å². The van der Waals surface area contributed by atoms with Gasteiger partial charge < -0.3 is 4.74 Å². The average molecular weight is 169 g/mol. The van der Waals surface area contributed by atoms with Crippen LogP contribution in [-0.4, -0.2) is 18.0 Å². The molecule has 11 heavy (non-hydrogen) atoms. The van der Waals surface area contributed by atoms with Crippen molar-refractivity contribution < 1.29 is 4.74 Å².